The zero-order chi connectivity index (χ0) is 17.3. The van der Waals surface area contributed by atoms with Crippen molar-refractivity contribution in [2.45, 2.75) is 20.3 Å². The highest BCUT2D eigenvalue weighted by Crippen LogP contribution is 2.28. The number of nitrogens with zero attached hydrogens (tertiary/aromatic N) is 2. The van der Waals surface area contributed by atoms with Gasteiger partial charge in [-0.2, -0.15) is 5.10 Å². The van der Waals surface area contributed by atoms with Crippen LogP contribution in [0.15, 0.2) is 48.5 Å². The molecule has 122 valence electrons. The molecule has 1 heterocycles. The summed E-state index contributed by atoms with van der Waals surface area (Å²) in [4.78, 5) is 11.9. The Morgan fingerprint density at radius 3 is 2.29 bits per heavy atom. The highest BCUT2D eigenvalue weighted by atomic mass is 35.5. The monoisotopic (exact) mass is 340 g/mol. The van der Waals surface area contributed by atoms with Crippen LogP contribution >= 0.6 is 11.6 Å². The first-order valence-corrected chi connectivity index (χ1v) is 8.07. The van der Waals surface area contributed by atoms with E-state index >= 15 is 0 Å². The first-order valence-electron chi connectivity index (χ1n) is 7.69. The maximum absolute atomic E-state index is 11.9. The highest BCUT2D eigenvalue weighted by Gasteiger charge is 2.24. The quantitative estimate of drug-likeness (QED) is 0.744. The maximum atomic E-state index is 11.9. The lowest BCUT2D eigenvalue weighted by atomic mass is 10.0. The zero-order valence-electron chi connectivity index (χ0n) is 13.5. The molecule has 1 N–H and O–H groups in total. The van der Waals surface area contributed by atoms with Crippen LogP contribution in [0.2, 0.25) is 5.02 Å². The SMILES string of the molecule is CCc1c(C(=O)O)c(-c2ccc(C)cc2)nn1-c1ccc(Cl)cc1. The number of rotatable bonds is 4. The van der Waals surface area contributed by atoms with Gasteiger partial charge in [-0.15, -0.1) is 0 Å². The number of aromatic carboxylic acids is 1. The number of benzene rings is 2. The lowest BCUT2D eigenvalue weighted by Gasteiger charge is -2.06. The van der Waals surface area contributed by atoms with Gasteiger partial charge >= 0.3 is 5.97 Å². The third-order valence-electron chi connectivity index (χ3n) is 3.93. The van der Waals surface area contributed by atoms with E-state index in [1.807, 2.05) is 50.2 Å². The minimum Gasteiger partial charge on any atom is -0.478 e. The Labute approximate surface area is 145 Å². The van der Waals surface area contributed by atoms with Gasteiger partial charge in [-0.3, -0.25) is 0 Å². The van der Waals surface area contributed by atoms with Gasteiger partial charge in [0.15, 0.2) is 0 Å². The minimum absolute atomic E-state index is 0.247. The number of carboxylic acid groups (broad SMARTS) is 1. The third-order valence-corrected chi connectivity index (χ3v) is 4.18. The molecule has 0 bridgehead atoms. The van der Waals surface area contributed by atoms with E-state index < -0.39 is 5.97 Å². The van der Waals surface area contributed by atoms with E-state index in [9.17, 15) is 9.90 Å². The van der Waals surface area contributed by atoms with Crippen LogP contribution in [-0.2, 0) is 6.42 Å². The fourth-order valence-electron chi connectivity index (χ4n) is 2.71. The number of aryl methyl sites for hydroxylation is 1. The van der Waals surface area contributed by atoms with Crippen LogP contribution in [0.4, 0.5) is 0 Å². The first-order chi connectivity index (χ1) is 11.5. The van der Waals surface area contributed by atoms with Gasteiger partial charge in [-0.25, -0.2) is 9.48 Å². The van der Waals surface area contributed by atoms with Crippen molar-refractivity contribution in [1.29, 1.82) is 0 Å². The number of aromatic nitrogens is 2. The van der Waals surface area contributed by atoms with Crippen LogP contribution in [0.1, 0.15) is 28.5 Å². The Hall–Kier alpha value is -2.59. The number of carboxylic acids is 1. The number of halogens is 1. The summed E-state index contributed by atoms with van der Waals surface area (Å²) in [6.45, 7) is 3.92. The van der Waals surface area contributed by atoms with Crippen LogP contribution in [0.3, 0.4) is 0 Å². The van der Waals surface area contributed by atoms with Gasteiger partial charge < -0.3 is 5.11 Å². The van der Waals surface area contributed by atoms with E-state index in [1.165, 1.54) is 0 Å². The van der Waals surface area contributed by atoms with Gasteiger partial charge in [0.2, 0.25) is 0 Å². The van der Waals surface area contributed by atoms with Gasteiger partial charge in [0.1, 0.15) is 11.3 Å². The fraction of sp³-hybridized carbons (Fsp3) is 0.158. The molecule has 0 saturated heterocycles. The molecule has 0 fully saturated rings. The molecule has 0 aliphatic rings. The molecular weight excluding hydrogens is 324 g/mol. The summed E-state index contributed by atoms with van der Waals surface area (Å²) in [6.07, 6.45) is 0.559. The van der Waals surface area contributed by atoms with E-state index in [2.05, 4.69) is 5.10 Å². The number of carbonyl (C=O) groups is 1. The molecule has 5 heteroatoms. The second kappa shape index (κ2) is 6.49. The summed E-state index contributed by atoms with van der Waals surface area (Å²) >= 11 is 5.95. The van der Waals surface area contributed by atoms with Crippen molar-refractivity contribution in [3.8, 4) is 16.9 Å². The van der Waals surface area contributed by atoms with Gasteiger partial charge in [0.05, 0.1) is 11.4 Å². The second-order valence-corrected chi connectivity index (χ2v) is 6.02. The molecule has 0 amide bonds. The summed E-state index contributed by atoms with van der Waals surface area (Å²) in [5, 5.41) is 14.9. The Morgan fingerprint density at radius 1 is 1.12 bits per heavy atom. The average Bonchev–Trinajstić information content (AvgIpc) is 2.96. The molecule has 0 aliphatic carbocycles. The molecule has 1 aromatic heterocycles. The van der Waals surface area contributed by atoms with Crippen LogP contribution in [0.5, 0.6) is 0 Å². The van der Waals surface area contributed by atoms with Crippen molar-refractivity contribution in [3.63, 3.8) is 0 Å². The normalized spacial score (nSPS) is 10.8. The first kappa shape index (κ1) is 16.3. The molecule has 24 heavy (non-hydrogen) atoms. The van der Waals surface area contributed by atoms with Crippen molar-refractivity contribution in [2.24, 2.45) is 0 Å². The summed E-state index contributed by atoms with van der Waals surface area (Å²) in [5.41, 5.74) is 4.09. The zero-order valence-corrected chi connectivity index (χ0v) is 14.2. The summed E-state index contributed by atoms with van der Waals surface area (Å²) in [5.74, 6) is -0.970. The van der Waals surface area contributed by atoms with Crippen molar-refractivity contribution in [3.05, 3.63) is 70.4 Å². The van der Waals surface area contributed by atoms with Crippen molar-refractivity contribution in [1.82, 2.24) is 9.78 Å². The Morgan fingerprint density at radius 2 is 1.75 bits per heavy atom. The van der Waals surface area contributed by atoms with Gasteiger partial charge in [0.25, 0.3) is 0 Å². The fourth-order valence-corrected chi connectivity index (χ4v) is 2.84. The molecule has 0 atom stereocenters. The standard InChI is InChI=1S/C19H17ClN2O2/c1-3-16-17(19(23)24)18(13-6-4-12(2)5-7-13)21-22(16)15-10-8-14(20)9-11-15/h4-11H,3H2,1-2H3,(H,23,24). The molecule has 3 rings (SSSR count). The van der Waals surface area contributed by atoms with E-state index in [4.69, 9.17) is 11.6 Å². The van der Waals surface area contributed by atoms with Crippen LogP contribution < -0.4 is 0 Å². The lowest BCUT2D eigenvalue weighted by Crippen LogP contribution is -2.05. The predicted octanol–water partition coefficient (Wildman–Crippen LogP) is 4.76. The summed E-state index contributed by atoms with van der Waals surface area (Å²) < 4.78 is 1.69. The van der Waals surface area contributed by atoms with Crippen LogP contribution in [-0.4, -0.2) is 20.9 Å². The van der Waals surface area contributed by atoms with E-state index in [1.54, 1.807) is 16.8 Å². The van der Waals surface area contributed by atoms with Crippen molar-refractivity contribution in [2.75, 3.05) is 0 Å². The molecule has 0 unspecified atom stereocenters. The maximum Gasteiger partial charge on any atom is 0.339 e. The van der Waals surface area contributed by atoms with Crippen molar-refractivity contribution < 1.29 is 9.90 Å². The van der Waals surface area contributed by atoms with E-state index in [-0.39, 0.29) is 5.56 Å². The molecule has 0 aliphatic heterocycles. The van der Waals surface area contributed by atoms with Gasteiger partial charge in [-0.1, -0.05) is 48.4 Å². The topological polar surface area (TPSA) is 55.1 Å². The average molecular weight is 341 g/mol. The van der Waals surface area contributed by atoms with E-state index in [0.29, 0.717) is 22.8 Å². The van der Waals surface area contributed by atoms with Crippen LogP contribution in [0, 0.1) is 6.92 Å². The number of hydrogen-bond acceptors (Lipinski definition) is 2. The Bertz CT molecular complexity index is 881. The Kier molecular flexibility index (Phi) is 4.40. The van der Waals surface area contributed by atoms with Crippen LogP contribution in [0.25, 0.3) is 16.9 Å². The second-order valence-electron chi connectivity index (χ2n) is 5.58. The minimum atomic E-state index is -0.970. The lowest BCUT2D eigenvalue weighted by molar-refractivity contribution is 0.0696. The molecular formula is C19H17ClN2O2. The van der Waals surface area contributed by atoms with Crippen molar-refractivity contribution >= 4 is 17.6 Å². The van der Waals surface area contributed by atoms with E-state index in [0.717, 1.165) is 16.8 Å². The summed E-state index contributed by atoms with van der Waals surface area (Å²) in [7, 11) is 0. The molecule has 3 aromatic rings. The number of hydrogen-bond donors (Lipinski definition) is 1. The predicted molar refractivity (Wildman–Crippen MR) is 95.1 cm³/mol. The highest BCUT2D eigenvalue weighted by molar-refractivity contribution is 6.30. The third kappa shape index (κ3) is 2.93. The van der Waals surface area contributed by atoms with Gasteiger partial charge in [-0.05, 0) is 37.6 Å². The molecule has 0 spiro atoms. The van der Waals surface area contributed by atoms with Gasteiger partial charge in [0, 0.05) is 10.6 Å². The smallest absolute Gasteiger partial charge is 0.339 e. The Balaban J connectivity index is 2.24. The molecule has 0 saturated carbocycles. The molecule has 2 aromatic carbocycles. The molecule has 4 nitrogen and oxygen atoms in total. The molecule has 0 radical (unpaired) electrons. The summed E-state index contributed by atoms with van der Waals surface area (Å²) in [6, 6.07) is 14.9. The largest absolute Gasteiger partial charge is 0.478 e.